The maximum atomic E-state index is 12.6. The molecule has 2 amide bonds. The second kappa shape index (κ2) is 7.50. The van der Waals surface area contributed by atoms with Gasteiger partial charge in [0.05, 0.1) is 22.4 Å². The van der Waals surface area contributed by atoms with Gasteiger partial charge in [-0.05, 0) is 19.4 Å². The van der Waals surface area contributed by atoms with Crippen molar-refractivity contribution in [2.75, 3.05) is 11.9 Å². The Morgan fingerprint density at radius 1 is 1.37 bits per heavy atom. The lowest BCUT2D eigenvalue weighted by Crippen LogP contribution is -2.40. The molecule has 2 atom stereocenters. The number of para-hydroxylation sites is 1. The van der Waals surface area contributed by atoms with Crippen molar-refractivity contribution in [1.82, 2.24) is 19.9 Å². The summed E-state index contributed by atoms with van der Waals surface area (Å²) >= 11 is 1.59. The average Bonchev–Trinajstić information content (AvgIpc) is 3.37. The summed E-state index contributed by atoms with van der Waals surface area (Å²) in [5.74, 6) is 0.816. The Labute approximate surface area is 161 Å². The number of carbonyl (C=O) groups excluding carboxylic acids is 1. The molecule has 1 saturated heterocycles. The maximum Gasteiger partial charge on any atom is 0.319 e. The van der Waals surface area contributed by atoms with Crippen LogP contribution in [-0.2, 0) is 11.8 Å². The van der Waals surface area contributed by atoms with Gasteiger partial charge in [0.15, 0.2) is 0 Å². The number of aryl methyl sites for hydroxylation is 2. The van der Waals surface area contributed by atoms with Crippen LogP contribution in [0, 0.1) is 6.92 Å². The number of nitrogens with one attached hydrogen (secondary N) is 2. The zero-order chi connectivity index (χ0) is 18.8. The third-order valence-electron chi connectivity index (χ3n) is 4.59. The van der Waals surface area contributed by atoms with Crippen LogP contribution in [0.15, 0.2) is 42.0 Å². The fraction of sp³-hybridized carbons (Fsp3) is 0.316. The van der Waals surface area contributed by atoms with Gasteiger partial charge in [0.1, 0.15) is 11.9 Å². The standard InChI is InChI=1S/C19H21N5O2S/c1-12-21-16(11-27-12)13-5-3-4-6-14(13)22-19(25)23-15-7-10-26-17(15)18-20-8-9-24(18)2/h3-6,8-9,11,15,17H,7,10H2,1-2H3,(H2,22,23,25)/t15-,17-/m1/s1. The second-order valence-electron chi connectivity index (χ2n) is 6.48. The SMILES string of the molecule is Cc1nc(-c2ccccc2NC(=O)N[C@@H]2CCO[C@H]2c2nccn2C)cs1. The lowest BCUT2D eigenvalue weighted by Gasteiger charge is -2.20. The first-order valence-electron chi connectivity index (χ1n) is 8.79. The van der Waals surface area contributed by atoms with Crippen LogP contribution in [0.2, 0.25) is 0 Å². The van der Waals surface area contributed by atoms with Gasteiger partial charge in [-0.3, -0.25) is 0 Å². The molecule has 140 valence electrons. The monoisotopic (exact) mass is 383 g/mol. The summed E-state index contributed by atoms with van der Waals surface area (Å²) in [6.45, 7) is 2.56. The summed E-state index contributed by atoms with van der Waals surface area (Å²) in [4.78, 5) is 21.5. The van der Waals surface area contributed by atoms with Crippen LogP contribution < -0.4 is 10.6 Å². The minimum Gasteiger partial charge on any atom is -0.368 e. The quantitative estimate of drug-likeness (QED) is 0.722. The summed E-state index contributed by atoms with van der Waals surface area (Å²) in [6, 6.07) is 7.29. The molecular formula is C19H21N5O2S. The molecule has 1 fully saturated rings. The van der Waals surface area contributed by atoms with E-state index in [0.717, 1.165) is 34.2 Å². The number of carbonyl (C=O) groups is 1. The van der Waals surface area contributed by atoms with E-state index in [4.69, 9.17) is 4.74 Å². The molecule has 27 heavy (non-hydrogen) atoms. The van der Waals surface area contributed by atoms with E-state index in [-0.39, 0.29) is 18.2 Å². The number of anilines is 1. The van der Waals surface area contributed by atoms with E-state index in [0.29, 0.717) is 6.61 Å². The highest BCUT2D eigenvalue weighted by molar-refractivity contribution is 7.09. The van der Waals surface area contributed by atoms with Crippen LogP contribution >= 0.6 is 11.3 Å². The molecule has 0 saturated carbocycles. The van der Waals surface area contributed by atoms with Crippen molar-refractivity contribution in [2.24, 2.45) is 7.05 Å². The number of benzene rings is 1. The Balaban J connectivity index is 1.48. The normalized spacial score (nSPS) is 19.2. The van der Waals surface area contributed by atoms with Crippen LogP contribution in [0.4, 0.5) is 10.5 Å². The van der Waals surface area contributed by atoms with Crippen molar-refractivity contribution in [3.05, 3.63) is 52.9 Å². The molecule has 1 aliphatic heterocycles. The number of ether oxygens (including phenoxy) is 1. The van der Waals surface area contributed by atoms with Crippen molar-refractivity contribution < 1.29 is 9.53 Å². The Morgan fingerprint density at radius 3 is 2.96 bits per heavy atom. The topological polar surface area (TPSA) is 81.1 Å². The van der Waals surface area contributed by atoms with E-state index in [1.54, 1.807) is 17.5 Å². The third-order valence-corrected chi connectivity index (χ3v) is 5.36. The van der Waals surface area contributed by atoms with Crippen LogP contribution in [0.3, 0.4) is 0 Å². The first kappa shape index (κ1) is 17.7. The minimum absolute atomic E-state index is 0.125. The van der Waals surface area contributed by atoms with Crippen LogP contribution in [-0.4, -0.2) is 33.2 Å². The van der Waals surface area contributed by atoms with E-state index in [1.165, 1.54) is 0 Å². The minimum atomic E-state index is -0.260. The molecule has 0 spiro atoms. The van der Waals surface area contributed by atoms with Crippen LogP contribution in [0.25, 0.3) is 11.3 Å². The van der Waals surface area contributed by atoms with Gasteiger partial charge in [0.25, 0.3) is 0 Å². The number of thiazole rings is 1. The molecule has 0 radical (unpaired) electrons. The van der Waals surface area contributed by atoms with Crippen molar-refractivity contribution in [3.8, 4) is 11.3 Å². The fourth-order valence-corrected chi connectivity index (χ4v) is 3.89. The lowest BCUT2D eigenvalue weighted by atomic mass is 10.1. The molecular weight excluding hydrogens is 362 g/mol. The Bertz CT molecular complexity index is 951. The second-order valence-corrected chi connectivity index (χ2v) is 7.54. The van der Waals surface area contributed by atoms with E-state index in [1.807, 2.05) is 54.4 Å². The number of nitrogens with zero attached hydrogens (tertiary/aromatic N) is 3. The van der Waals surface area contributed by atoms with Crippen molar-refractivity contribution >= 4 is 23.1 Å². The fourth-order valence-electron chi connectivity index (χ4n) is 3.27. The number of hydrogen-bond acceptors (Lipinski definition) is 5. The molecule has 8 heteroatoms. The van der Waals surface area contributed by atoms with Gasteiger partial charge in [0.2, 0.25) is 0 Å². The first-order chi connectivity index (χ1) is 13.1. The lowest BCUT2D eigenvalue weighted by molar-refractivity contribution is 0.0913. The number of hydrogen-bond donors (Lipinski definition) is 2. The molecule has 3 aromatic rings. The molecule has 0 unspecified atom stereocenters. The molecule has 4 rings (SSSR count). The van der Waals surface area contributed by atoms with E-state index < -0.39 is 0 Å². The van der Waals surface area contributed by atoms with Crippen molar-refractivity contribution in [2.45, 2.75) is 25.5 Å². The predicted octanol–water partition coefficient (Wildman–Crippen LogP) is 3.50. The predicted molar refractivity (Wildman–Crippen MR) is 105 cm³/mol. The van der Waals surface area contributed by atoms with Gasteiger partial charge in [-0.25, -0.2) is 14.8 Å². The third kappa shape index (κ3) is 3.72. The first-order valence-corrected chi connectivity index (χ1v) is 9.67. The van der Waals surface area contributed by atoms with E-state index in [9.17, 15) is 4.79 Å². The van der Waals surface area contributed by atoms with Crippen molar-refractivity contribution in [3.63, 3.8) is 0 Å². The van der Waals surface area contributed by atoms with Gasteiger partial charge < -0.3 is 19.9 Å². The molecule has 2 aromatic heterocycles. The number of aromatic nitrogens is 3. The van der Waals surface area contributed by atoms with E-state index >= 15 is 0 Å². The molecule has 1 aliphatic rings. The number of imidazole rings is 1. The van der Waals surface area contributed by atoms with Crippen LogP contribution in [0.1, 0.15) is 23.4 Å². The summed E-state index contributed by atoms with van der Waals surface area (Å²) in [6.07, 6.45) is 4.12. The van der Waals surface area contributed by atoms with Gasteiger partial charge >= 0.3 is 6.03 Å². The molecule has 3 heterocycles. The molecule has 2 N–H and O–H groups in total. The number of urea groups is 1. The largest absolute Gasteiger partial charge is 0.368 e. The highest BCUT2D eigenvalue weighted by Gasteiger charge is 2.33. The number of rotatable bonds is 4. The summed E-state index contributed by atoms with van der Waals surface area (Å²) in [7, 11) is 1.92. The number of amides is 2. The molecule has 0 bridgehead atoms. The van der Waals surface area contributed by atoms with Gasteiger partial charge in [-0.15, -0.1) is 11.3 Å². The maximum absolute atomic E-state index is 12.6. The van der Waals surface area contributed by atoms with Gasteiger partial charge in [0, 0.05) is 37.0 Å². The zero-order valence-electron chi connectivity index (χ0n) is 15.2. The van der Waals surface area contributed by atoms with Gasteiger partial charge in [-0.1, -0.05) is 18.2 Å². The molecule has 0 aliphatic carbocycles. The van der Waals surface area contributed by atoms with Crippen molar-refractivity contribution in [1.29, 1.82) is 0 Å². The average molecular weight is 383 g/mol. The smallest absolute Gasteiger partial charge is 0.319 e. The summed E-state index contributed by atoms with van der Waals surface area (Å²) in [5.41, 5.74) is 2.50. The highest BCUT2D eigenvalue weighted by atomic mass is 32.1. The Hall–Kier alpha value is -2.71. The van der Waals surface area contributed by atoms with Gasteiger partial charge in [-0.2, -0.15) is 0 Å². The molecule has 1 aromatic carbocycles. The highest BCUT2D eigenvalue weighted by Crippen LogP contribution is 2.30. The molecule has 7 nitrogen and oxygen atoms in total. The zero-order valence-corrected chi connectivity index (χ0v) is 16.0. The Morgan fingerprint density at radius 2 is 2.22 bits per heavy atom. The van der Waals surface area contributed by atoms with E-state index in [2.05, 4.69) is 20.6 Å². The van der Waals surface area contributed by atoms with Crippen LogP contribution in [0.5, 0.6) is 0 Å². The Kier molecular flexibility index (Phi) is 4.91. The summed E-state index contributed by atoms with van der Waals surface area (Å²) < 4.78 is 7.72. The summed E-state index contributed by atoms with van der Waals surface area (Å²) in [5, 5.41) is 8.97.